The average molecular weight is 191 g/mol. The minimum absolute atomic E-state index is 0.0781. The summed E-state index contributed by atoms with van der Waals surface area (Å²) in [5.41, 5.74) is 7.96. The Kier molecular flexibility index (Phi) is 3.72. The number of ether oxygens (including phenoxy) is 1. The predicted molar refractivity (Wildman–Crippen MR) is 59.4 cm³/mol. The van der Waals surface area contributed by atoms with E-state index in [-0.39, 0.29) is 6.04 Å². The molecule has 14 heavy (non-hydrogen) atoms. The number of hydrogen-bond donors (Lipinski definition) is 1. The van der Waals surface area contributed by atoms with Crippen LogP contribution < -0.4 is 10.5 Å². The molecule has 0 bridgehead atoms. The molecule has 1 rings (SSSR count). The second kappa shape index (κ2) is 4.82. The Morgan fingerprint density at radius 1 is 1.43 bits per heavy atom. The van der Waals surface area contributed by atoms with Gasteiger partial charge in [0.25, 0.3) is 0 Å². The van der Waals surface area contributed by atoms with E-state index in [1.54, 1.807) is 0 Å². The van der Waals surface area contributed by atoms with Crippen LogP contribution in [0.25, 0.3) is 0 Å². The molecule has 76 valence electrons. The van der Waals surface area contributed by atoms with Crippen LogP contribution in [0.15, 0.2) is 36.4 Å². The minimum Gasteiger partial charge on any atom is -0.494 e. The van der Waals surface area contributed by atoms with Crippen molar-refractivity contribution < 1.29 is 4.74 Å². The summed E-state index contributed by atoms with van der Waals surface area (Å²) in [6, 6.07) is 7.74. The van der Waals surface area contributed by atoms with Gasteiger partial charge in [-0.1, -0.05) is 24.3 Å². The van der Waals surface area contributed by atoms with Crippen molar-refractivity contribution >= 4 is 0 Å². The largest absolute Gasteiger partial charge is 0.494 e. The van der Waals surface area contributed by atoms with Gasteiger partial charge in [0.05, 0.1) is 12.6 Å². The highest BCUT2D eigenvalue weighted by molar-refractivity contribution is 5.32. The molecule has 0 spiro atoms. The molecule has 0 aliphatic rings. The van der Waals surface area contributed by atoms with E-state index in [9.17, 15) is 0 Å². The van der Waals surface area contributed by atoms with E-state index in [4.69, 9.17) is 10.5 Å². The van der Waals surface area contributed by atoms with E-state index < -0.39 is 0 Å². The van der Waals surface area contributed by atoms with Crippen LogP contribution in [0.5, 0.6) is 5.75 Å². The molecule has 0 saturated carbocycles. The fourth-order valence-corrected chi connectivity index (χ4v) is 1.22. The zero-order chi connectivity index (χ0) is 10.6. The zero-order valence-electron chi connectivity index (χ0n) is 8.79. The van der Waals surface area contributed by atoms with E-state index in [1.165, 1.54) is 0 Å². The number of benzene rings is 1. The van der Waals surface area contributed by atoms with Gasteiger partial charge in [0.15, 0.2) is 0 Å². The summed E-state index contributed by atoms with van der Waals surface area (Å²) in [6.07, 6.45) is 0. The van der Waals surface area contributed by atoms with Gasteiger partial charge in [-0.25, -0.2) is 0 Å². The maximum Gasteiger partial charge on any atom is 0.119 e. The highest BCUT2D eigenvalue weighted by Gasteiger charge is 2.05. The fraction of sp³-hybridized carbons (Fsp3) is 0.333. The lowest BCUT2D eigenvalue weighted by Gasteiger charge is -2.12. The Morgan fingerprint density at radius 3 is 2.43 bits per heavy atom. The Morgan fingerprint density at radius 2 is 2.00 bits per heavy atom. The van der Waals surface area contributed by atoms with Crippen LogP contribution in [0.3, 0.4) is 0 Å². The maximum atomic E-state index is 5.92. The molecule has 2 N–H and O–H groups in total. The standard InChI is InChI=1S/C12H17NO/c1-4-14-11-7-5-10(6-8-11)12(13)9(2)3/h5-8,12H,2,4,13H2,1,3H3. The van der Waals surface area contributed by atoms with Gasteiger partial charge in [0.1, 0.15) is 5.75 Å². The number of nitrogens with two attached hydrogens (primary N) is 1. The molecule has 0 aliphatic carbocycles. The maximum absolute atomic E-state index is 5.92. The second-order valence-corrected chi connectivity index (χ2v) is 3.33. The summed E-state index contributed by atoms with van der Waals surface area (Å²) in [5, 5.41) is 0. The highest BCUT2D eigenvalue weighted by Crippen LogP contribution is 2.20. The first-order valence-electron chi connectivity index (χ1n) is 4.79. The third-order valence-electron chi connectivity index (χ3n) is 2.08. The summed E-state index contributed by atoms with van der Waals surface area (Å²) < 4.78 is 5.34. The molecule has 0 fully saturated rings. The van der Waals surface area contributed by atoms with Gasteiger partial charge in [-0.15, -0.1) is 0 Å². The zero-order valence-corrected chi connectivity index (χ0v) is 8.79. The van der Waals surface area contributed by atoms with Crippen molar-refractivity contribution in [2.24, 2.45) is 5.73 Å². The molecular formula is C12H17NO. The van der Waals surface area contributed by atoms with Crippen molar-refractivity contribution in [1.29, 1.82) is 0 Å². The number of rotatable bonds is 4. The molecule has 0 amide bonds. The van der Waals surface area contributed by atoms with Crippen LogP contribution in [0, 0.1) is 0 Å². The van der Waals surface area contributed by atoms with Crippen molar-refractivity contribution in [2.45, 2.75) is 19.9 Å². The topological polar surface area (TPSA) is 35.2 Å². The quantitative estimate of drug-likeness (QED) is 0.742. The molecule has 0 aliphatic heterocycles. The van der Waals surface area contributed by atoms with Crippen molar-refractivity contribution in [2.75, 3.05) is 6.61 Å². The normalized spacial score (nSPS) is 12.2. The summed E-state index contributed by atoms with van der Waals surface area (Å²) in [6.45, 7) is 8.42. The van der Waals surface area contributed by atoms with Crippen molar-refractivity contribution in [3.63, 3.8) is 0 Å². The SMILES string of the molecule is C=C(C)C(N)c1ccc(OCC)cc1. The van der Waals surface area contributed by atoms with E-state index in [1.807, 2.05) is 38.1 Å². The Balaban J connectivity index is 2.77. The molecule has 1 aromatic carbocycles. The molecule has 1 atom stereocenters. The predicted octanol–water partition coefficient (Wildman–Crippen LogP) is 2.66. The molecule has 0 heterocycles. The van der Waals surface area contributed by atoms with Gasteiger partial charge in [0, 0.05) is 0 Å². The molecule has 0 saturated heterocycles. The molecule has 0 aromatic heterocycles. The lowest BCUT2D eigenvalue weighted by molar-refractivity contribution is 0.340. The van der Waals surface area contributed by atoms with Gasteiger partial charge in [-0.2, -0.15) is 0 Å². The molecule has 1 unspecified atom stereocenters. The van der Waals surface area contributed by atoms with Gasteiger partial charge in [-0.3, -0.25) is 0 Å². The van der Waals surface area contributed by atoms with Crippen LogP contribution in [0.2, 0.25) is 0 Å². The van der Waals surface area contributed by atoms with Crippen molar-refractivity contribution in [1.82, 2.24) is 0 Å². The van der Waals surface area contributed by atoms with Crippen LogP contribution in [-0.4, -0.2) is 6.61 Å². The molecule has 2 nitrogen and oxygen atoms in total. The van der Waals surface area contributed by atoms with Gasteiger partial charge < -0.3 is 10.5 Å². The third kappa shape index (κ3) is 2.60. The Labute approximate surface area is 85.4 Å². The van der Waals surface area contributed by atoms with E-state index in [0.717, 1.165) is 16.9 Å². The second-order valence-electron chi connectivity index (χ2n) is 3.33. The Hall–Kier alpha value is -1.28. The summed E-state index contributed by atoms with van der Waals surface area (Å²) in [7, 11) is 0. The minimum atomic E-state index is -0.0781. The smallest absolute Gasteiger partial charge is 0.119 e. The summed E-state index contributed by atoms with van der Waals surface area (Å²) in [5.74, 6) is 0.880. The van der Waals surface area contributed by atoms with E-state index >= 15 is 0 Å². The van der Waals surface area contributed by atoms with Crippen LogP contribution in [-0.2, 0) is 0 Å². The molecule has 2 heteroatoms. The first kappa shape index (κ1) is 10.8. The molecular weight excluding hydrogens is 174 g/mol. The fourth-order valence-electron chi connectivity index (χ4n) is 1.22. The molecule has 0 radical (unpaired) electrons. The lowest BCUT2D eigenvalue weighted by Crippen LogP contribution is -2.10. The Bertz CT molecular complexity index is 303. The van der Waals surface area contributed by atoms with Crippen LogP contribution in [0.1, 0.15) is 25.5 Å². The van der Waals surface area contributed by atoms with Crippen molar-refractivity contribution in [3.05, 3.63) is 42.0 Å². The van der Waals surface area contributed by atoms with Gasteiger partial charge in [0.2, 0.25) is 0 Å². The first-order chi connectivity index (χ1) is 6.65. The summed E-state index contributed by atoms with van der Waals surface area (Å²) in [4.78, 5) is 0. The van der Waals surface area contributed by atoms with Crippen LogP contribution >= 0.6 is 0 Å². The van der Waals surface area contributed by atoms with E-state index in [0.29, 0.717) is 6.61 Å². The van der Waals surface area contributed by atoms with Gasteiger partial charge in [-0.05, 0) is 31.5 Å². The monoisotopic (exact) mass is 191 g/mol. The first-order valence-corrected chi connectivity index (χ1v) is 4.79. The van der Waals surface area contributed by atoms with Crippen LogP contribution in [0.4, 0.5) is 0 Å². The average Bonchev–Trinajstić information content (AvgIpc) is 2.18. The molecule has 1 aromatic rings. The third-order valence-corrected chi connectivity index (χ3v) is 2.08. The highest BCUT2D eigenvalue weighted by atomic mass is 16.5. The van der Waals surface area contributed by atoms with E-state index in [2.05, 4.69) is 6.58 Å². The summed E-state index contributed by atoms with van der Waals surface area (Å²) >= 11 is 0. The lowest BCUT2D eigenvalue weighted by atomic mass is 10.0. The van der Waals surface area contributed by atoms with Gasteiger partial charge >= 0.3 is 0 Å². The van der Waals surface area contributed by atoms with Crippen molar-refractivity contribution in [3.8, 4) is 5.75 Å². The number of hydrogen-bond acceptors (Lipinski definition) is 2.